The first kappa shape index (κ1) is 12.5. The molecule has 88 valence electrons. The molecule has 0 saturated carbocycles. The molecule has 0 radical (unpaired) electrons. The summed E-state index contributed by atoms with van der Waals surface area (Å²) < 4.78 is 5.40. The van der Waals surface area contributed by atoms with Crippen LogP contribution in [-0.4, -0.2) is 36.1 Å². The predicted molar refractivity (Wildman–Crippen MR) is 60.7 cm³/mol. The molecular formula is C12H23NO2. The summed E-state index contributed by atoms with van der Waals surface area (Å²) in [6.45, 7) is 8.91. The molecule has 1 rings (SSSR count). The minimum atomic E-state index is -0.357. The van der Waals surface area contributed by atoms with Gasteiger partial charge in [-0.1, -0.05) is 0 Å². The monoisotopic (exact) mass is 213 g/mol. The van der Waals surface area contributed by atoms with E-state index in [1.54, 1.807) is 0 Å². The Hall–Kier alpha value is -0.570. The first-order valence-corrected chi connectivity index (χ1v) is 5.72. The van der Waals surface area contributed by atoms with Crippen molar-refractivity contribution in [3.05, 3.63) is 0 Å². The summed E-state index contributed by atoms with van der Waals surface area (Å²) in [5.41, 5.74) is -0.357. The minimum Gasteiger partial charge on any atom is -0.460 e. The molecule has 0 aromatic rings. The molecule has 1 aliphatic heterocycles. The largest absolute Gasteiger partial charge is 0.460 e. The van der Waals surface area contributed by atoms with E-state index in [0.717, 1.165) is 19.4 Å². The molecule has 3 heteroatoms. The molecule has 0 aromatic heterocycles. The average molecular weight is 213 g/mol. The second-order valence-electron chi connectivity index (χ2n) is 5.58. The fourth-order valence-electron chi connectivity index (χ4n) is 1.89. The van der Waals surface area contributed by atoms with Crippen LogP contribution in [0.2, 0.25) is 0 Å². The summed E-state index contributed by atoms with van der Waals surface area (Å²) in [6.07, 6.45) is 1.85. The third-order valence-electron chi connectivity index (χ3n) is 2.95. The average Bonchev–Trinajstić information content (AvgIpc) is 2.06. The van der Waals surface area contributed by atoms with E-state index < -0.39 is 0 Å². The van der Waals surface area contributed by atoms with Gasteiger partial charge in [-0.2, -0.15) is 0 Å². The number of carbonyl (C=O) groups excluding carboxylic acids is 1. The van der Waals surface area contributed by atoms with Gasteiger partial charge in [0.25, 0.3) is 0 Å². The number of ether oxygens (including phenoxy) is 1. The van der Waals surface area contributed by atoms with Crippen molar-refractivity contribution in [1.82, 2.24) is 4.90 Å². The van der Waals surface area contributed by atoms with Crippen molar-refractivity contribution in [3.63, 3.8) is 0 Å². The zero-order valence-corrected chi connectivity index (χ0v) is 10.5. The summed E-state index contributed by atoms with van der Waals surface area (Å²) in [4.78, 5) is 14.1. The predicted octanol–water partition coefficient (Wildman–Crippen LogP) is 2.06. The number of piperidine rings is 1. The lowest BCUT2D eigenvalue weighted by Crippen LogP contribution is -2.41. The Morgan fingerprint density at radius 3 is 2.47 bits per heavy atom. The van der Waals surface area contributed by atoms with Gasteiger partial charge in [-0.05, 0) is 54.1 Å². The first-order chi connectivity index (χ1) is 6.79. The molecule has 0 aliphatic carbocycles. The lowest BCUT2D eigenvalue weighted by atomic mass is 9.92. The second kappa shape index (κ2) is 4.52. The molecule has 0 bridgehead atoms. The van der Waals surface area contributed by atoms with Crippen LogP contribution in [0.1, 0.15) is 40.5 Å². The van der Waals surface area contributed by atoms with E-state index in [0.29, 0.717) is 6.04 Å². The van der Waals surface area contributed by atoms with Crippen LogP contribution in [-0.2, 0) is 9.53 Å². The maximum absolute atomic E-state index is 11.8. The van der Waals surface area contributed by atoms with Gasteiger partial charge in [-0.15, -0.1) is 0 Å². The van der Waals surface area contributed by atoms with E-state index >= 15 is 0 Å². The smallest absolute Gasteiger partial charge is 0.309 e. The Morgan fingerprint density at radius 2 is 2.00 bits per heavy atom. The minimum absolute atomic E-state index is 0.0255. The SMILES string of the molecule is CC1CC(C(=O)OC(C)(C)C)CCN1C. The lowest BCUT2D eigenvalue weighted by Gasteiger charge is -2.35. The van der Waals surface area contributed by atoms with Crippen molar-refractivity contribution in [3.8, 4) is 0 Å². The van der Waals surface area contributed by atoms with Crippen LogP contribution in [0.4, 0.5) is 0 Å². The van der Waals surface area contributed by atoms with Crippen molar-refractivity contribution in [2.75, 3.05) is 13.6 Å². The van der Waals surface area contributed by atoms with Crippen molar-refractivity contribution in [1.29, 1.82) is 0 Å². The Morgan fingerprint density at radius 1 is 1.40 bits per heavy atom. The molecule has 0 amide bonds. The molecular weight excluding hydrogens is 190 g/mol. The van der Waals surface area contributed by atoms with Crippen LogP contribution in [0.5, 0.6) is 0 Å². The van der Waals surface area contributed by atoms with E-state index in [4.69, 9.17) is 4.74 Å². The van der Waals surface area contributed by atoms with Crippen molar-refractivity contribution < 1.29 is 9.53 Å². The highest BCUT2D eigenvalue weighted by Crippen LogP contribution is 2.24. The molecule has 15 heavy (non-hydrogen) atoms. The first-order valence-electron chi connectivity index (χ1n) is 5.72. The molecule has 3 nitrogen and oxygen atoms in total. The van der Waals surface area contributed by atoms with Crippen LogP contribution in [0.25, 0.3) is 0 Å². The maximum Gasteiger partial charge on any atom is 0.309 e. The van der Waals surface area contributed by atoms with E-state index in [2.05, 4.69) is 18.9 Å². The van der Waals surface area contributed by atoms with Crippen molar-refractivity contribution >= 4 is 5.97 Å². The van der Waals surface area contributed by atoms with Gasteiger partial charge in [0.1, 0.15) is 5.60 Å². The highest BCUT2D eigenvalue weighted by atomic mass is 16.6. The second-order valence-corrected chi connectivity index (χ2v) is 5.58. The molecule has 2 unspecified atom stereocenters. The van der Waals surface area contributed by atoms with Gasteiger partial charge in [-0.3, -0.25) is 4.79 Å². The number of hydrogen-bond acceptors (Lipinski definition) is 3. The van der Waals surface area contributed by atoms with Crippen LogP contribution in [0.15, 0.2) is 0 Å². The number of rotatable bonds is 1. The van der Waals surface area contributed by atoms with Crippen LogP contribution < -0.4 is 0 Å². The number of likely N-dealkylation sites (tertiary alicyclic amines) is 1. The summed E-state index contributed by atoms with van der Waals surface area (Å²) in [7, 11) is 2.11. The maximum atomic E-state index is 11.8. The normalized spacial score (nSPS) is 28.9. The van der Waals surface area contributed by atoms with Gasteiger partial charge in [0.05, 0.1) is 5.92 Å². The highest BCUT2D eigenvalue weighted by molar-refractivity contribution is 5.73. The fraction of sp³-hybridized carbons (Fsp3) is 0.917. The van der Waals surface area contributed by atoms with Gasteiger partial charge in [0.2, 0.25) is 0 Å². The van der Waals surface area contributed by atoms with Gasteiger partial charge in [0, 0.05) is 6.04 Å². The standard InChI is InChI=1S/C12H23NO2/c1-9-8-10(6-7-13(9)5)11(14)15-12(2,3)4/h9-10H,6-8H2,1-5H3. The molecule has 1 saturated heterocycles. The van der Waals surface area contributed by atoms with Gasteiger partial charge < -0.3 is 9.64 Å². The van der Waals surface area contributed by atoms with E-state index in [9.17, 15) is 4.79 Å². The Kier molecular flexibility index (Phi) is 3.77. The summed E-state index contributed by atoms with van der Waals surface area (Å²) >= 11 is 0. The Balaban J connectivity index is 2.48. The summed E-state index contributed by atoms with van der Waals surface area (Å²) in [5, 5.41) is 0. The van der Waals surface area contributed by atoms with Crippen molar-refractivity contribution in [2.45, 2.75) is 52.2 Å². The Labute approximate surface area is 92.8 Å². The zero-order chi connectivity index (χ0) is 11.6. The summed E-state index contributed by atoms with van der Waals surface area (Å²) in [6, 6.07) is 0.483. The van der Waals surface area contributed by atoms with E-state index in [1.165, 1.54) is 0 Å². The molecule has 0 spiro atoms. The van der Waals surface area contributed by atoms with Crippen LogP contribution in [0.3, 0.4) is 0 Å². The van der Waals surface area contributed by atoms with E-state index in [-0.39, 0.29) is 17.5 Å². The van der Waals surface area contributed by atoms with Gasteiger partial charge in [0.15, 0.2) is 0 Å². The van der Waals surface area contributed by atoms with Crippen LogP contribution in [0, 0.1) is 5.92 Å². The highest BCUT2D eigenvalue weighted by Gasteiger charge is 2.31. The van der Waals surface area contributed by atoms with Gasteiger partial charge >= 0.3 is 5.97 Å². The van der Waals surface area contributed by atoms with E-state index in [1.807, 2.05) is 20.8 Å². The van der Waals surface area contributed by atoms with Crippen LogP contribution >= 0.6 is 0 Å². The quantitative estimate of drug-likeness (QED) is 0.624. The lowest BCUT2D eigenvalue weighted by molar-refractivity contribution is -0.162. The number of hydrogen-bond donors (Lipinski definition) is 0. The van der Waals surface area contributed by atoms with Crippen molar-refractivity contribution in [2.24, 2.45) is 5.92 Å². The number of carbonyl (C=O) groups is 1. The molecule has 1 fully saturated rings. The topological polar surface area (TPSA) is 29.5 Å². The molecule has 1 aliphatic rings. The third kappa shape index (κ3) is 3.82. The molecule has 0 N–H and O–H groups in total. The number of nitrogens with zero attached hydrogens (tertiary/aromatic N) is 1. The van der Waals surface area contributed by atoms with Gasteiger partial charge in [-0.25, -0.2) is 0 Å². The Bertz CT molecular complexity index is 232. The molecule has 0 aromatic carbocycles. The zero-order valence-electron chi connectivity index (χ0n) is 10.5. The number of esters is 1. The fourth-order valence-corrected chi connectivity index (χ4v) is 1.89. The third-order valence-corrected chi connectivity index (χ3v) is 2.95. The molecule has 1 heterocycles. The molecule has 2 atom stereocenters. The summed E-state index contributed by atoms with van der Waals surface area (Å²) in [5.74, 6) is 0.0675.